The Kier molecular flexibility index (Phi) is 6.37. The molecule has 1 aromatic carbocycles. The Morgan fingerprint density at radius 1 is 1.27 bits per heavy atom. The van der Waals surface area contributed by atoms with Gasteiger partial charge in [0.15, 0.2) is 0 Å². The third-order valence-corrected chi connectivity index (χ3v) is 5.32. The van der Waals surface area contributed by atoms with Crippen LogP contribution in [0.2, 0.25) is 0 Å². The fourth-order valence-electron chi connectivity index (χ4n) is 2.03. The fourth-order valence-corrected chi connectivity index (χ4v) is 3.32. The van der Waals surface area contributed by atoms with Crippen molar-refractivity contribution in [3.05, 3.63) is 47.7 Å². The number of nitrogens with one attached hydrogen (secondary N) is 1. The number of carbonyl (C=O) groups excluding carboxylic acids is 1. The van der Waals surface area contributed by atoms with Gasteiger partial charge in [-0.05, 0) is 42.3 Å². The zero-order valence-electron chi connectivity index (χ0n) is 14.3. The lowest BCUT2D eigenvalue weighted by atomic mass is 10.1. The van der Waals surface area contributed by atoms with Gasteiger partial charge in [-0.15, -0.1) is 0 Å². The van der Waals surface area contributed by atoms with Gasteiger partial charge in [0.25, 0.3) is 0 Å². The van der Waals surface area contributed by atoms with E-state index in [9.17, 15) is 18.5 Å². The molecule has 0 spiro atoms. The maximum Gasteiger partial charge on any atom is 0.238 e. The zero-order chi connectivity index (χ0) is 19.3. The molecule has 3 N–H and O–H groups in total. The summed E-state index contributed by atoms with van der Waals surface area (Å²) in [6, 6.07) is 11.1. The molecule has 2 aromatic rings. The lowest BCUT2D eigenvalue weighted by Crippen LogP contribution is -2.15. The molecule has 0 aliphatic heterocycles. The van der Waals surface area contributed by atoms with Crippen LogP contribution in [0.5, 0.6) is 0 Å². The number of nitrogens with two attached hydrogens (primary N) is 1. The minimum atomic E-state index is -3.77. The Labute approximate surface area is 156 Å². The van der Waals surface area contributed by atoms with Crippen molar-refractivity contribution in [2.75, 3.05) is 11.1 Å². The highest BCUT2D eigenvalue weighted by Crippen LogP contribution is 2.23. The van der Waals surface area contributed by atoms with Crippen LogP contribution in [0, 0.1) is 11.3 Å². The van der Waals surface area contributed by atoms with Crippen molar-refractivity contribution in [3.8, 4) is 6.07 Å². The van der Waals surface area contributed by atoms with Crippen molar-refractivity contribution in [3.63, 3.8) is 0 Å². The van der Waals surface area contributed by atoms with Gasteiger partial charge >= 0.3 is 0 Å². The van der Waals surface area contributed by atoms with Crippen LogP contribution in [-0.4, -0.2) is 25.1 Å². The van der Waals surface area contributed by atoms with Crippen LogP contribution in [0.1, 0.15) is 31.0 Å². The molecular weight excluding hydrogens is 372 g/mol. The van der Waals surface area contributed by atoms with Crippen molar-refractivity contribution >= 4 is 33.4 Å². The number of benzene rings is 1. The van der Waals surface area contributed by atoms with E-state index in [2.05, 4.69) is 16.4 Å². The molecule has 0 atom stereocenters. The van der Waals surface area contributed by atoms with E-state index in [1.807, 2.05) is 13.8 Å². The SMILES string of the molecule is CC(C)c1ccc(C#N)c(SCC(=O)Nc2ccc(S(N)(=O)=O)cc2)n1. The number of hydrogen-bond donors (Lipinski definition) is 2. The van der Waals surface area contributed by atoms with E-state index in [4.69, 9.17) is 5.14 Å². The van der Waals surface area contributed by atoms with Crippen molar-refractivity contribution in [2.24, 2.45) is 5.14 Å². The first-order chi connectivity index (χ1) is 12.2. The highest BCUT2D eigenvalue weighted by molar-refractivity contribution is 8.00. The van der Waals surface area contributed by atoms with Crippen LogP contribution < -0.4 is 10.5 Å². The lowest BCUT2D eigenvalue weighted by molar-refractivity contribution is -0.113. The number of carbonyl (C=O) groups is 1. The average Bonchev–Trinajstić information content (AvgIpc) is 2.59. The summed E-state index contributed by atoms with van der Waals surface area (Å²) in [5.41, 5.74) is 1.72. The first-order valence-corrected chi connectivity index (χ1v) is 10.2. The number of rotatable bonds is 6. The van der Waals surface area contributed by atoms with E-state index in [-0.39, 0.29) is 22.5 Å². The van der Waals surface area contributed by atoms with Crippen LogP contribution in [0.15, 0.2) is 46.3 Å². The van der Waals surface area contributed by atoms with Gasteiger partial charge < -0.3 is 5.32 Å². The maximum absolute atomic E-state index is 12.1. The van der Waals surface area contributed by atoms with Gasteiger partial charge in [0.1, 0.15) is 11.1 Å². The fraction of sp³-hybridized carbons (Fsp3) is 0.235. The third kappa shape index (κ3) is 5.29. The third-order valence-electron chi connectivity index (χ3n) is 3.40. The molecule has 0 radical (unpaired) electrons. The second-order valence-electron chi connectivity index (χ2n) is 5.76. The zero-order valence-corrected chi connectivity index (χ0v) is 15.9. The van der Waals surface area contributed by atoms with Crippen molar-refractivity contribution < 1.29 is 13.2 Å². The summed E-state index contributed by atoms with van der Waals surface area (Å²) >= 11 is 1.18. The number of nitrogens with zero attached hydrogens (tertiary/aromatic N) is 2. The second-order valence-corrected chi connectivity index (χ2v) is 8.29. The van der Waals surface area contributed by atoms with Crippen molar-refractivity contribution in [2.45, 2.75) is 29.7 Å². The minimum absolute atomic E-state index is 0.0294. The van der Waals surface area contributed by atoms with Gasteiger partial charge in [-0.2, -0.15) is 5.26 Å². The minimum Gasteiger partial charge on any atom is -0.325 e. The van der Waals surface area contributed by atoms with Gasteiger partial charge in [-0.1, -0.05) is 25.6 Å². The first kappa shape index (κ1) is 19.9. The van der Waals surface area contributed by atoms with Crippen molar-refractivity contribution in [1.29, 1.82) is 5.26 Å². The van der Waals surface area contributed by atoms with E-state index in [0.717, 1.165) is 5.69 Å². The van der Waals surface area contributed by atoms with Crippen molar-refractivity contribution in [1.82, 2.24) is 4.98 Å². The van der Waals surface area contributed by atoms with Gasteiger partial charge in [0, 0.05) is 11.4 Å². The Morgan fingerprint density at radius 3 is 2.46 bits per heavy atom. The molecule has 0 aliphatic rings. The van der Waals surface area contributed by atoms with E-state index < -0.39 is 10.0 Å². The number of aromatic nitrogens is 1. The molecular formula is C17H18N4O3S2. The highest BCUT2D eigenvalue weighted by atomic mass is 32.2. The summed E-state index contributed by atoms with van der Waals surface area (Å²) < 4.78 is 22.4. The number of sulfonamides is 1. The molecule has 0 unspecified atom stereocenters. The molecule has 0 fully saturated rings. The van der Waals surface area contributed by atoms with Gasteiger partial charge in [-0.3, -0.25) is 4.79 Å². The number of primary sulfonamides is 1. The molecule has 1 aromatic heterocycles. The number of anilines is 1. The number of nitriles is 1. The van der Waals surface area contributed by atoms with Crippen LogP contribution in [0.3, 0.4) is 0 Å². The Hall–Kier alpha value is -2.41. The predicted molar refractivity (Wildman–Crippen MR) is 100 cm³/mol. The van der Waals surface area contributed by atoms with Crippen LogP contribution >= 0.6 is 11.8 Å². The summed E-state index contributed by atoms with van der Waals surface area (Å²) in [5.74, 6) is -0.00701. The summed E-state index contributed by atoms with van der Waals surface area (Å²) in [6.07, 6.45) is 0. The van der Waals surface area contributed by atoms with E-state index in [0.29, 0.717) is 16.3 Å². The molecule has 0 aliphatic carbocycles. The largest absolute Gasteiger partial charge is 0.325 e. The first-order valence-electron chi connectivity index (χ1n) is 7.67. The summed E-state index contributed by atoms with van der Waals surface area (Å²) in [5, 5.41) is 17.4. The summed E-state index contributed by atoms with van der Waals surface area (Å²) in [6.45, 7) is 4.00. The summed E-state index contributed by atoms with van der Waals surface area (Å²) in [7, 11) is -3.77. The number of amides is 1. The van der Waals surface area contributed by atoms with Gasteiger partial charge in [0.05, 0.1) is 16.2 Å². The Balaban J connectivity index is 2.03. The number of pyridine rings is 1. The molecule has 26 heavy (non-hydrogen) atoms. The molecule has 2 rings (SSSR count). The molecule has 7 nitrogen and oxygen atoms in total. The molecule has 0 bridgehead atoms. The smallest absolute Gasteiger partial charge is 0.238 e. The van der Waals surface area contributed by atoms with Gasteiger partial charge in [-0.25, -0.2) is 18.5 Å². The topological polar surface area (TPSA) is 126 Å². The monoisotopic (exact) mass is 390 g/mol. The molecule has 9 heteroatoms. The summed E-state index contributed by atoms with van der Waals surface area (Å²) in [4.78, 5) is 16.5. The average molecular weight is 390 g/mol. The van der Waals surface area contributed by atoms with Crippen LogP contribution in [-0.2, 0) is 14.8 Å². The Morgan fingerprint density at radius 2 is 1.92 bits per heavy atom. The normalized spacial score (nSPS) is 11.2. The molecule has 1 heterocycles. The quantitative estimate of drug-likeness (QED) is 0.730. The number of hydrogen-bond acceptors (Lipinski definition) is 6. The molecule has 1 amide bonds. The molecule has 0 saturated carbocycles. The van der Waals surface area contributed by atoms with E-state index in [1.54, 1.807) is 12.1 Å². The molecule has 0 saturated heterocycles. The highest BCUT2D eigenvalue weighted by Gasteiger charge is 2.12. The predicted octanol–water partition coefficient (Wildman–Crippen LogP) is 2.45. The standard InChI is InChI=1S/C17H18N4O3S2/c1-11(2)15-8-3-12(9-18)17(21-15)25-10-16(22)20-13-4-6-14(7-5-13)26(19,23)24/h3-8,11H,10H2,1-2H3,(H,20,22)(H2,19,23,24). The Bertz CT molecular complexity index is 949. The molecule has 136 valence electrons. The lowest BCUT2D eigenvalue weighted by Gasteiger charge is -2.09. The van der Waals surface area contributed by atoms with E-state index in [1.165, 1.54) is 36.0 Å². The van der Waals surface area contributed by atoms with Crippen LogP contribution in [0.25, 0.3) is 0 Å². The van der Waals surface area contributed by atoms with E-state index >= 15 is 0 Å². The van der Waals surface area contributed by atoms with Crippen LogP contribution in [0.4, 0.5) is 5.69 Å². The maximum atomic E-state index is 12.1. The van der Waals surface area contributed by atoms with Gasteiger partial charge in [0.2, 0.25) is 15.9 Å². The number of thioether (sulfide) groups is 1. The second kappa shape index (κ2) is 8.31.